The van der Waals surface area contributed by atoms with Crippen molar-refractivity contribution in [3.05, 3.63) is 41.1 Å². The summed E-state index contributed by atoms with van der Waals surface area (Å²) in [6.45, 7) is 0. The first-order valence-corrected chi connectivity index (χ1v) is 4.98. The third-order valence-corrected chi connectivity index (χ3v) is 2.26. The van der Waals surface area contributed by atoms with Crippen LogP contribution >= 0.6 is 11.6 Å². The van der Waals surface area contributed by atoms with Gasteiger partial charge in [0.15, 0.2) is 5.69 Å². The molecule has 0 aliphatic carbocycles. The summed E-state index contributed by atoms with van der Waals surface area (Å²) in [4.78, 5) is 3.62. The minimum absolute atomic E-state index is 0.0512. The van der Waals surface area contributed by atoms with Gasteiger partial charge in [-0.3, -0.25) is 0 Å². The van der Waals surface area contributed by atoms with E-state index in [-0.39, 0.29) is 16.4 Å². The normalized spacial score (nSPS) is 11.6. The third-order valence-electron chi connectivity index (χ3n) is 2.05. The van der Waals surface area contributed by atoms with Gasteiger partial charge in [0.1, 0.15) is 11.0 Å². The van der Waals surface area contributed by atoms with Gasteiger partial charge in [-0.25, -0.2) is 9.37 Å². The summed E-state index contributed by atoms with van der Waals surface area (Å²) in [6.07, 6.45) is -3.50. The second kappa shape index (κ2) is 4.49. The van der Waals surface area contributed by atoms with Crippen LogP contribution in [0.25, 0.3) is 11.3 Å². The molecule has 0 aliphatic rings. The molecule has 3 nitrogen and oxygen atoms in total. The molecule has 0 radical (unpaired) electrons. The molecule has 0 atom stereocenters. The van der Waals surface area contributed by atoms with E-state index >= 15 is 0 Å². The van der Waals surface area contributed by atoms with Crippen molar-refractivity contribution in [2.45, 2.75) is 6.18 Å². The highest BCUT2D eigenvalue weighted by Crippen LogP contribution is 2.28. The Morgan fingerprint density at radius 2 is 1.83 bits per heavy atom. The molecular weight excluding hydrogens is 274 g/mol. The first-order chi connectivity index (χ1) is 8.38. The number of hydrogen-bond donors (Lipinski definition) is 0. The Kier molecular flexibility index (Phi) is 3.16. The van der Waals surface area contributed by atoms with Gasteiger partial charge in [0.25, 0.3) is 0 Å². The van der Waals surface area contributed by atoms with Crippen molar-refractivity contribution in [3.63, 3.8) is 0 Å². The van der Waals surface area contributed by atoms with Crippen molar-refractivity contribution in [1.29, 1.82) is 0 Å². The Labute approximate surface area is 103 Å². The lowest BCUT2D eigenvalue weighted by Gasteiger charge is -2.05. The Hall–Kier alpha value is -1.76. The maximum absolute atomic E-state index is 13.5. The molecule has 18 heavy (non-hydrogen) atoms. The maximum atomic E-state index is 13.5. The van der Waals surface area contributed by atoms with E-state index in [2.05, 4.69) is 15.2 Å². The molecule has 0 aromatic carbocycles. The number of aromatic nitrogens is 3. The van der Waals surface area contributed by atoms with E-state index in [1.807, 2.05) is 0 Å². The summed E-state index contributed by atoms with van der Waals surface area (Å²) < 4.78 is 50.2. The standard InChI is InChI=1S/C10H4ClF4N3/c11-9-3-6(12)5(4-16-9)7-1-2-8(18-17-7)10(13,14)15/h1-4H. The SMILES string of the molecule is Fc1cc(Cl)ncc1-c1ccc(C(F)(F)F)nn1. The molecule has 2 heterocycles. The molecule has 0 unspecified atom stereocenters. The van der Waals surface area contributed by atoms with Crippen LogP contribution in [0, 0.1) is 5.82 Å². The van der Waals surface area contributed by atoms with Crippen LogP contribution in [0.4, 0.5) is 17.6 Å². The fraction of sp³-hybridized carbons (Fsp3) is 0.100. The van der Waals surface area contributed by atoms with Gasteiger partial charge in [-0.1, -0.05) is 11.6 Å². The van der Waals surface area contributed by atoms with Gasteiger partial charge in [-0.2, -0.15) is 13.2 Å². The molecular formula is C10H4ClF4N3. The first kappa shape index (κ1) is 12.7. The number of nitrogens with zero attached hydrogens (tertiary/aromatic N) is 3. The van der Waals surface area contributed by atoms with Crippen molar-refractivity contribution in [1.82, 2.24) is 15.2 Å². The lowest BCUT2D eigenvalue weighted by atomic mass is 10.2. The minimum atomic E-state index is -4.58. The van der Waals surface area contributed by atoms with E-state index in [0.29, 0.717) is 0 Å². The zero-order valence-corrected chi connectivity index (χ0v) is 9.30. The van der Waals surface area contributed by atoms with Crippen molar-refractivity contribution in [3.8, 4) is 11.3 Å². The van der Waals surface area contributed by atoms with Crippen molar-refractivity contribution in [2.24, 2.45) is 0 Å². The lowest BCUT2D eigenvalue weighted by molar-refractivity contribution is -0.141. The molecule has 0 spiro atoms. The number of halogens is 5. The predicted octanol–water partition coefficient (Wildman–Crippen LogP) is 3.35. The van der Waals surface area contributed by atoms with Gasteiger partial charge in [0.05, 0.1) is 11.3 Å². The molecule has 0 saturated carbocycles. The molecule has 0 aliphatic heterocycles. The molecule has 0 saturated heterocycles. The van der Waals surface area contributed by atoms with E-state index in [0.717, 1.165) is 24.4 Å². The number of alkyl halides is 3. The minimum Gasteiger partial charge on any atom is -0.244 e. The summed E-state index contributed by atoms with van der Waals surface area (Å²) in [6, 6.07) is 2.68. The zero-order chi connectivity index (χ0) is 13.3. The fourth-order valence-corrected chi connectivity index (χ4v) is 1.37. The van der Waals surface area contributed by atoms with Gasteiger partial charge in [0, 0.05) is 12.3 Å². The Balaban J connectivity index is 2.41. The number of rotatable bonds is 1. The van der Waals surface area contributed by atoms with E-state index in [4.69, 9.17) is 11.6 Å². The molecule has 94 valence electrons. The van der Waals surface area contributed by atoms with Gasteiger partial charge < -0.3 is 0 Å². The molecule has 2 aromatic heterocycles. The molecule has 2 aromatic rings. The molecule has 0 amide bonds. The highest BCUT2D eigenvalue weighted by Gasteiger charge is 2.33. The largest absolute Gasteiger partial charge is 0.435 e. The van der Waals surface area contributed by atoms with Crippen molar-refractivity contribution in [2.75, 3.05) is 0 Å². The second-order valence-corrected chi connectivity index (χ2v) is 3.68. The Morgan fingerprint density at radius 1 is 1.11 bits per heavy atom. The van der Waals surface area contributed by atoms with Gasteiger partial charge in [-0.15, -0.1) is 10.2 Å². The van der Waals surface area contributed by atoms with Crippen molar-refractivity contribution >= 4 is 11.6 Å². The van der Waals surface area contributed by atoms with Gasteiger partial charge >= 0.3 is 6.18 Å². The smallest absolute Gasteiger partial charge is 0.244 e. The quantitative estimate of drug-likeness (QED) is 0.593. The summed E-state index contributed by atoms with van der Waals surface area (Å²) in [7, 11) is 0. The monoisotopic (exact) mass is 277 g/mol. The summed E-state index contributed by atoms with van der Waals surface area (Å²) in [5.74, 6) is -0.732. The topological polar surface area (TPSA) is 38.7 Å². The maximum Gasteiger partial charge on any atom is 0.435 e. The highest BCUT2D eigenvalue weighted by molar-refractivity contribution is 6.29. The van der Waals surface area contributed by atoms with Crippen LogP contribution in [0.3, 0.4) is 0 Å². The Morgan fingerprint density at radius 3 is 2.33 bits per heavy atom. The second-order valence-electron chi connectivity index (χ2n) is 3.29. The van der Waals surface area contributed by atoms with E-state index in [1.165, 1.54) is 0 Å². The molecule has 0 N–H and O–H groups in total. The van der Waals surface area contributed by atoms with Crippen LogP contribution in [-0.4, -0.2) is 15.2 Å². The first-order valence-electron chi connectivity index (χ1n) is 4.60. The van der Waals surface area contributed by atoms with E-state index < -0.39 is 17.7 Å². The number of pyridine rings is 1. The van der Waals surface area contributed by atoms with Crippen LogP contribution in [0.2, 0.25) is 5.15 Å². The average molecular weight is 278 g/mol. The predicted molar refractivity (Wildman–Crippen MR) is 55.2 cm³/mol. The summed E-state index contributed by atoms with van der Waals surface area (Å²) >= 11 is 5.45. The zero-order valence-electron chi connectivity index (χ0n) is 8.54. The van der Waals surface area contributed by atoms with Gasteiger partial charge in [-0.05, 0) is 12.1 Å². The molecule has 8 heteroatoms. The van der Waals surface area contributed by atoms with E-state index in [1.54, 1.807) is 0 Å². The fourth-order valence-electron chi connectivity index (χ4n) is 1.22. The van der Waals surface area contributed by atoms with Gasteiger partial charge in [0.2, 0.25) is 0 Å². The van der Waals surface area contributed by atoms with Crippen molar-refractivity contribution < 1.29 is 17.6 Å². The molecule has 2 rings (SSSR count). The summed E-state index contributed by atoms with van der Waals surface area (Å²) in [5, 5.41) is 6.24. The van der Waals surface area contributed by atoms with Crippen LogP contribution < -0.4 is 0 Å². The van der Waals surface area contributed by atoms with Crippen LogP contribution in [0.5, 0.6) is 0 Å². The van der Waals surface area contributed by atoms with Crippen LogP contribution in [0.1, 0.15) is 5.69 Å². The molecule has 0 fully saturated rings. The van der Waals surface area contributed by atoms with E-state index in [9.17, 15) is 17.6 Å². The van der Waals surface area contributed by atoms with Crippen LogP contribution in [0.15, 0.2) is 24.4 Å². The lowest BCUT2D eigenvalue weighted by Crippen LogP contribution is -2.09. The van der Waals surface area contributed by atoms with Crippen LogP contribution in [-0.2, 0) is 6.18 Å². The third kappa shape index (κ3) is 2.56. The Bertz CT molecular complexity index is 568. The number of hydrogen-bond acceptors (Lipinski definition) is 3. The summed E-state index contributed by atoms with van der Waals surface area (Å²) in [5.41, 5.74) is -1.26. The highest BCUT2D eigenvalue weighted by atomic mass is 35.5. The average Bonchev–Trinajstić information content (AvgIpc) is 2.28. The molecule has 0 bridgehead atoms.